The topological polar surface area (TPSA) is 0 Å². The molecule has 242 valence electrons. The normalized spacial score (nSPS) is 16.4. The van der Waals surface area contributed by atoms with Crippen molar-refractivity contribution >= 4 is 0 Å². The molecule has 0 spiro atoms. The lowest BCUT2D eigenvalue weighted by Crippen LogP contribution is -2.25. The summed E-state index contributed by atoms with van der Waals surface area (Å²) in [6.45, 7) is 11.7. The van der Waals surface area contributed by atoms with Crippen molar-refractivity contribution in [2.24, 2.45) is 0 Å². The van der Waals surface area contributed by atoms with E-state index < -0.39 is 0 Å². The van der Waals surface area contributed by atoms with Crippen LogP contribution in [0.2, 0.25) is 0 Å². The molecule has 0 N–H and O–H groups in total. The molecule has 0 fully saturated rings. The maximum absolute atomic E-state index is 2.50. The van der Waals surface area contributed by atoms with Crippen LogP contribution in [-0.2, 0) is 17.3 Å². The monoisotopic (exact) mass is 642 g/mol. The van der Waals surface area contributed by atoms with Crippen molar-refractivity contribution in [1.82, 2.24) is 0 Å². The van der Waals surface area contributed by atoms with Crippen LogP contribution in [0.15, 0.2) is 152 Å². The van der Waals surface area contributed by atoms with Crippen molar-refractivity contribution in [1.29, 1.82) is 0 Å². The highest BCUT2D eigenvalue weighted by molar-refractivity contribution is 5.91. The third-order valence-corrected chi connectivity index (χ3v) is 11.7. The lowest BCUT2D eigenvalue weighted by molar-refractivity contribution is 0.583. The van der Waals surface area contributed by atoms with E-state index in [-0.39, 0.29) is 10.8 Å². The lowest BCUT2D eigenvalue weighted by atomic mass is 9.72. The fourth-order valence-corrected chi connectivity index (χ4v) is 9.03. The Bertz CT molecular complexity index is 2420. The van der Waals surface area contributed by atoms with Crippen molar-refractivity contribution in [2.75, 3.05) is 0 Å². The average Bonchev–Trinajstić information content (AvgIpc) is 3.53. The van der Waals surface area contributed by atoms with Crippen LogP contribution in [0.25, 0.3) is 55.6 Å². The molecule has 7 aromatic carbocycles. The highest BCUT2D eigenvalue weighted by Gasteiger charge is 2.43. The minimum absolute atomic E-state index is 0.117. The summed E-state index contributed by atoms with van der Waals surface area (Å²) in [5, 5.41) is 0. The largest absolute Gasteiger partial charge is 0.0622 e. The van der Waals surface area contributed by atoms with Gasteiger partial charge in [0.15, 0.2) is 0 Å². The van der Waals surface area contributed by atoms with Gasteiger partial charge in [0.25, 0.3) is 0 Å². The Balaban J connectivity index is 1.27. The highest BCUT2D eigenvalue weighted by atomic mass is 14.5. The predicted octanol–water partition coefficient (Wildman–Crippen LogP) is 13.1. The molecule has 9 rings (SSSR count). The summed E-state index contributed by atoms with van der Waals surface area (Å²) in [5.41, 5.74) is 22.5. The van der Waals surface area contributed by atoms with Crippen LogP contribution in [0.1, 0.15) is 59.7 Å². The fraction of sp³-hybridized carbons (Fsp3) is 0.160. The third-order valence-electron chi connectivity index (χ3n) is 11.7. The van der Waals surface area contributed by atoms with Crippen molar-refractivity contribution in [3.8, 4) is 55.6 Å². The van der Waals surface area contributed by atoms with Crippen LogP contribution < -0.4 is 0 Å². The Morgan fingerprint density at radius 3 is 1.52 bits per heavy atom. The Morgan fingerprint density at radius 1 is 0.400 bits per heavy atom. The number of benzene rings is 7. The predicted molar refractivity (Wildman–Crippen MR) is 212 cm³/mol. The van der Waals surface area contributed by atoms with Gasteiger partial charge in [0.2, 0.25) is 0 Å². The van der Waals surface area contributed by atoms with E-state index in [1.54, 1.807) is 0 Å². The van der Waals surface area contributed by atoms with Gasteiger partial charge in [-0.15, -0.1) is 0 Å². The molecule has 0 bridgehead atoms. The Kier molecular flexibility index (Phi) is 6.91. The van der Waals surface area contributed by atoms with E-state index >= 15 is 0 Å². The van der Waals surface area contributed by atoms with Crippen LogP contribution in [0, 0.1) is 13.8 Å². The summed E-state index contributed by atoms with van der Waals surface area (Å²) in [4.78, 5) is 0. The standard InChI is InChI=1S/C50H42/c1-32-15-19-35(20-16-32)38-24-28-42-41-27-23-37(34-11-7-6-8-12-34)29-45(41)50(5,46(42)30-38)31-39-25-26-40(36-21-17-33(2)18-22-36)48-47(39)43-13-9-10-14-44(43)49(48,3)4/h6-30H,31H2,1-5H3. The van der Waals surface area contributed by atoms with Gasteiger partial charge < -0.3 is 0 Å². The number of rotatable bonds is 5. The highest BCUT2D eigenvalue weighted by Crippen LogP contribution is 2.57. The van der Waals surface area contributed by atoms with Gasteiger partial charge in [0.1, 0.15) is 0 Å². The maximum atomic E-state index is 2.50. The Labute approximate surface area is 297 Å². The second-order valence-electron chi connectivity index (χ2n) is 15.3. The number of fused-ring (bicyclic) bond motifs is 6. The summed E-state index contributed by atoms with van der Waals surface area (Å²) in [6, 6.07) is 57.2. The Morgan fingerprint density at radius 2 is 0.900 bits per heavy atom. The molecule has 0 aliphatic heterocycles. The molecular weight excluding hydrogens is 601 g/mol. The van der Waals surface area contributed by atoms with Crippen LogP contribution in [0.3, 0.4) is 0 Å². The van der Waals surface area contributed by atoms with Crippen LogP contribution in [0.4, 0.5) is 0 Å². The smallest absolute Gasteiger partial charge is 0.0227 e. The minimum atomic E-state index is -0.239. The molecule has 0 saturated heterocycles. The summed E-state index contributed by atoms with van der Waals surface area (Å²) in [5.74, 6) is 0. The fourth-order valence-electron chi connectivity index (χ4n) is 9.03. The molecule has 0 amide bonds. The zero-order valence-corrected chi connectivity index (χ0v) is 29.6. The van der Waals surface area contributed by atoms with Crippen molar-refractivity contribution < 1.29 is 0 Å². The van der Waals surface area contributed by atoms with E-state index in [0.29, 0.717) is 0 Å². The first kappa shape index (κ1) is 30.6. The summed E-state index contributed by atoms with van der Waals surface area (Å²) in [7, 11) is 0. The van der Waals surface area contributed by atoms with Crippen molar-refractivity contribution in [3.05, 3.63) is 191 Å². The zero-order valence-electron chi connectivity index (χ0n) is 29.6. The first-order valence-electron chi connectivity index (χ1n) is 18.0. The molecule has 2 aliphatic rings. The molecule has 50 heavy (non-hydrogen) atoms. The van der Waals surface area contributed by atoms with Crippen LogP contribution in [-0.4, -0.2) is 0 Å². The Hall–Kier alpha value is -5.46. The van der Waals surface area contributed by atoms with Gasteiger partial charge in [-0.3, -0.25) is 0 Å². The van der Waals surface area contributed by atoms with E-state index in [2.05, 4.69) is 186 Å². The van der Waals surface area contributed by atoms with E-state index in [4.69, 9.17) is 0 Å². The van der Waals surface area contributed by atoms with Gasteiger partial charge in [0, 0.05) is 10.8 Å². The van der Waals surface area contributed by atoms with Gasteiger partial charge in [-0.05, 0) is 116 Å². The van der Waals surface area contributed by atoms with Gasteiger partial charge in [0.05, 0.1) is 0 Å². The SMILES string of the molecule is Cc1ccc(-c2ccc3c(c2)C(C)(Cc2ccc(-c4ccc(C)cc4)c4c2-c2ccccc2C4(C)C)c2cc(-c4ccccc4)ccc2-3)cc1. The van der Waals surface area contributed by atoms with Gasteiger partial charge >= 0.3 is 0 Å². The molecule has 0 radical (unpaired) electrons. The number of hydrogen-bond donors (Lipinski definition) is 0. The molecule has 1 unspecified atom stereocenters. The number of aryl methyl sites for hydroxylation is 2. The molecule has 2 aliphatic carbocycles. The summed E-state index contributed by atoms with van der Waals surface area (Å²) < 4.78 is 0. The van der Waals surface area contributed by atoms with E-state index in [1.165, 1.54) is 94.6 Å². The molecule has 0 saturated carbocycles. The molecular formula is C50H42. The molecule has 0 nitrogen and oxygen atoms in total. The molecule has 0 aromatic heterocycles. The first-order chi connectivity index (χ1) is 24.2. The average molecular weight is 643 g/mol. The molecule has 7 aromatic rings. The molecule has 0 heteroatoms. The quantitative estimate of drug-likeness (QED) is 0.175. The first-order valence-corrected chi connectivity index (χ1v) is 18.0. The second kappa shape index (κ2) is 11.3. The van der Waals surface area contributed by atoms with Crippen molar-refractivity contribution in [3.63, 3.8) is 0 Å². The second-order valence-corrected chi connectivity index (χ2v) is 15.3. The van der Waals surface area contributed by atoms with Gasteiger partial charge in [-0.1, -0.05) is 171 Å². The summed E-state index contributed by atoms with van der Waals surface area (Å²) >= 11 is 0. The molecule has 1 atom stereocenters. The lowest BCUT2D eigenvalue weighted by Gasteiger charge is -2.31. The number of hydrogen-bond acceptors (Lipinski definition) is 0. The van der Waals surface area contributed by atoms with Crippen molar-refractivity contribution in [2.45, 2.75) is 51.9 Å². The van der Waals surface area contributed by atoms with Crippen LogP contribution in [0.5, 0.6) is 0 Å². The third kappa shape index (κ3) is 4.66. The maximum Gasteiger partial charge on any atom is 0.0227 e. The van der Waals surface area contributed by atoms with Gasteiger partial charge in [-0.2, -0.15) is 0 Å². The van der Waals surface area contributed by atoms with E-state index in [0.717, 1.165) is 6.42 Å². The van der Waals surface area contributed by atoms with Gasteiger partial charge in [-0.25, -0.2) is 0 Å². The minimum Gasteiger partial charge on any atom is -0.0622 e. The molecule has 0 heterocycles. The zero-order chi connectivity index (χ0) is 34.2. The van der Waals surface area contributed by atoms with Crippen LogP contribution >= 0.6 is 0 Å². The van der Waals surface area contributed by atoms with E-state index in [9.17, 15) is 0 Å². The summed E-state index contributed by atoms with van der Waals surface area (Å²) in [6.07, 6.45) is 0.906. The van der Waals surface area contributed by atoms with E-state index in [1.807, 2.05) is 0 Å².